The first-order valence-electron chi connectivity index (χ1n) is 5.68. The average molecular weight is 236 g/mol. The van der Waals surface area contributed by atoms with E-state index in [0.717, 1.165) is 5.56 Å². The molecule has 1 aromatic heterocycles. The van der Waals surface area contributed by atoms with Gasteiger partial charge in [-0.25, -0.2) is 0 Å². The van der Waals surface area contributed by atoms with Gasteiger partial charge in [0.15, 0.2) is 0 Å². The molecule has 17 heavy (non-hydrogen) atoms. The van der Waals surface area contributed by atoms with E-state index in [1.165, 1.54) is 0 Å². The number of rotatable bonds is 3. The van der Waals surface area contributed by atoms with Gasteiger partial charge in [-0.3, -0.25) is 9.78 Å². The SMILES string of the molecule is O=C(Cc1cccnc1)N1CCOC(CO)C1. The van der Waals surface area contributed by atoms with Crippen molar-refractivity contribution in [3.63, 3.8) is 0 Å². The molecule has 0 radical (unpaired) electrons. The van der Waals surface area contributed by atoms with E-state index < -0.39 is 0 Å². The summed E-state index contributed by atoms with van der Waals surface area (Å²) in [6.07, 6.45) is 3.49. The van der Waals surface area contributed by atoms with E-state index in [-0.39, 0.29) is 18.6 Å². The van der Waals surface area contributed by atoms with E-state index in [0.29, 0.717) is 26.1 Å². The summed E-state index contributed by atoms with van der Waals surface area (Å²) < 4.78 is 5.30. The first-order valence-corrected chi connectivity index (χ1v) is 5.68. The highest BCUT2D eigenvalue weighted by molar-refractivity contribution is 5.78. The Bertz CT molecular complexity index is 369. The molecule has 2 rings (SSSR count). The minimum Gasteiger partial charge on any atom is -0.394 e. The number of ether oxygens (including phenoxy) is 1. The standard InChI is InChI=1S/C12H16N2O3/c15-9-11-8-14(4-5-17-11)12(16)6-10-2-1-3-13-7-10/h1-3,7,11,15H,4-6,8-9H2. The van der Waals surface area contributed by atoms with Crippen LogP contribution in [0.15, 0.2) is 24.5 Å². The number of morpholine rings is 1. The van der Waals surface area contributed by atoms with Gasteiger partial charge in [0.05, 0.1) is 25.7 Å². The average Bonchev–Trinajstić information content (AvgIpc) is 2.40. The van der Waals surface area contributed by atoms with E-state index in [1.807, 2.05) is 12.1 Å². The molecule has 1 aromatic rings. The monoisotopic (exact) mass is 236 g/mol. The third-order valence-corrected chi connectivity index (χ3v) is 2.77. The van der Waals surface area contributed by atoms with E-state index >= 15 is 0 Å². The lowest BCUT2D eigenvalue weighted by molar-refractivity contribution is -0.139. The third kappa shape index (κ3) is 3.25. The predicted molar refractivity (Wildman–Crippen MR) is 61.3 cm³/mol. The minimum absolute atomic E-state index is 0.0450. The zero-order valence-electron chi connectivity index (χ0n) is 9.58. The number of hydrogen-bond donors (Lipinski definition) is 1. The van der Waals surface area contributed by atoms with Gasteiger partial charge in [-0.05, 0) is 11.6 Å². The molecule has 5 nitrogen and oxygen atoms in total. The summed E-state index contributed by atoms with van der Waals surface area (Å²) in [6, 6.07) is 3.70. The second kappa shape index (κ2) is 5.75. The van der Waals surface area contributed by atoms with Crippen LogP contribution in [0, 0.1) is 0 Å². The number of aliphatic hydroxyl groups is 1. The molecule has 1 aliphatic rings. The number of amides is 1. The summed E-state index contributed by atoms with van der Waals surface area (Å²) in [4.78, 5) is 17.7. The minimum atomic E-state index is -0.249. The Hall–Kier alpha value is -1.46. The third-order valence-electron chi connectivity index (χ3n) is 2.77. The maximum atomic E-state index is 12.0. The molecular weight excluding hydrogens is 220 g/mol. The van der Waals surface area contributed by atoms with Crippen LogP contribution in [0.4, 0.5) is 0 Å². The number of carbonyl (C=O) groups is 1. The summed E-state index contributed by atoms with van der Waals surface area (Å²) >= 11 is 0. The highest BCUT2D eigenvalue weighted by Gasteiger charge is 2.23. The van der Waals surface area contributed by atoms with Gasteiger partial charge in [-0.1, -0.05) is 6.07 Å². The van der Waals surface area contributed by atoms with Crippen molar-refractivity contribution >= 4 is 5.91 Å². The maximum absolute atomic E-state index is 12.0. The van der Waals surface area contributed by atoms with Crippen LogP contribution in [0.25, 0.3) is 0 Å². The van der Waals surface area contributed by atoms with Crippen LogP contribution in [0.2, 0.25) is 0 Å². The van der Waals surface area contributed by atoms with Gasteiger partial charge in [0, 0.05) is 25.5 Å². The van der Waals surface area contributed by atoms with E-state index in [9.17, 15) is 4.79 Å². The molecule has 1 N–H and O–H groups in total. The van der Waals surface area contributed by atoms with Gasteiger partial charge >= 0.3 is 0 Å². The van der Waals surface area contributed by atoms with Crippen LogP contribution in [0.5, 0.6) is 0 Å². The Balaban J connectivity index is 1.91. The van der Waals surface area contributed by atoms with Gasteiger partial charge < -0.3 is 14.7 Å². The number of nitrogens with zero attached hydrogens (tertiary/aromatic N) is 2. The first kappa shape index (κ1) is 12.0. The lowest BCUT2D eigenvalue weighted by atomic mass is 10.2. The maximum Gasteiger partial charge on any atom is 0.227 e. The Labute approximate surface area is 100 Å². The van der Waals surface area contributed by atoms with Crippen molar-refractivity contribution in [3.8, 4) is 0 Å². The van der Waals surface area contributed by atoms with Gasteiger partial charge in [0.25, 0.3) is 0 Å². The number of carbonyl (C=O) groups excluding carboxylic acids is 1. The zero-order chi connectivity index (χ0) is 12.1. The summed E-state index contributed by atoms with van der Waals surface area (Å²) in [7, 11) is 0. The second-order valence-corrected chi connectivity index (χ2v) is 4.05. The molecule has 1 aliphatic heterocycles. The summed E-state index contributed by atoms with van der Waals surface area (Å²) in [6.45, 7) is 1.51. The highest BCUT2D eigenvalue weighted by Crippen LogP contribution is 2.07. The smallest absolute Gasteiger partial charge is 0.227 e. The Morgan fingerprint density at radius 3 is 3.24 bits per heavy atom. The van der Waals surface area contributed by atoms with Crippen molar-refractivity contribution in [2.45, 2.75) is 12.5 Å². The molecule has 1 atom stereocenters. The van der Waals surface area contributed by atoms with E-state index in [4.69, 9.17) is 9.84 Å². The van der Waals surface area contributed by atoms with Gasteiger partial charge in [-0.15, -0.1) is 0 Å². The zero-order valence-corrected chi connectivity index (χ0v) is 9.58. The number of hydrogen-bond acceptors (Lipinski definition) is 4. The van der Waals surface area contributed by atoms with Crippen molar-refractivity contribution in [3.05, 3.63) is 30.1 Å². The largest absolute Gasteiger partial charge is 0.394 e. The van der Waals surface area contributed by atoms with Crippen molar-refractivity contribution in [2.75, 3.05) is 26.3 Å². The highest BCUT2D eigenvalue weighted by atomic mass is 16.5. The Morgan fingerprint density at radius 2 is 2.53 bits per heavy atom. The molecule has 1 unspecified atom stereocenters. The molecule has 92 valence electrons. The van der Waals surface area contributed by atoms with Crippen LogP contribution < -0.4 is 0 Å². The molecule has 0 aromatic carbocycles. The summed E-state index contributed by atoms with van der Waals surface area (Å²) in [5.74, 6) is 0.0553. The normalized spacial score (nSPS) is 20.3. The van der Waals surface area contributed by atoms with Gasteiger partial charge in [0.1, 0.15) is 0 Å². The van der Waals surface area contributed by atoms with Crippen LogP contribution in [0.1, 0.15) is 5.56 Å². The number of pyridine rings is 1. The van der Waals surface area contributed by atoms with Crippen LogP contribution in [-0.2, 0) is 16.0 Å². The Kier molecular flexibility index (Phi) is 4.06. The summed E-state index contributed by atoms with van der Waals surface area (Å²) in [5, 5.41) is 9.01. The van der Waals surface area contributed by atoms with Crippen molar-refractivity contribution in [2.24, 2.45) is 0 Å². The fourth-order valence-electron chi connectivity index (χ4n) is 1.85. The molecule has 1 fully saturated rings. The van der Waals surface area contributed by atoms with Crippen molar-refractivity contribution in [1.82, 2.24) is 9.88 Å². The number of aliphatic hydroxyl groups excluding tert-OH is 1. The fraction of sp³-hybridized carbons (Fsp3) is 0.500. The topological polar surface area (TPSA) is 62.7 Å². The Morgan fingerprint density at radius 1 is 1.65 bits per heavy atom. The molecule has 0 bridgehead atoms. The van der Waals surface area contributed by atoms with Gasteiger partial charge in [-0.2, -0.15) is 0 Å². The molecule has 2 heterocycles. The van der Waals surface area contributed by atoms with Crippen molar-refractivity contribution < 1.29 is 14.6 Å². The fourth-order valence-corrected chi connectivity index (χ4v) is 1.85. The van der Waals surface area contributed by atoms with Crippen LogP contribution >= 0.6 is 0 Å². The lowest BCUT2D eigenvalue weighted by Crippen LogP contribution is -2.47. The van der Waals surface area contributed by atoms with E-state index in [2.05, 4.69) is 4.98 Å². The predicted octanol–water partition coefficient (Wildman–Crippen LogP) is -0.156. The molecule has 0 aliphatic carbocycles. The molecular formula is C12H16N2O3. The van der Waals surface area contributed by atoms with Crippen LogP contribution in [-0.4, -0.2) is 53.3 Å². The molecule has 0 spiro atoms. The summed E-state index contributed by atoms with van der Waals surface area (Å²) in [5.41, 5.74) is 0.907. The van der Waals surface area contributed by atoms with E-state index in [1.54, 1.807) is 17.3 Å². The lowest BCUT2D eigenvalue weighted by Gasteiger charge is -2.32. The molecule has 1 saturated heterocycles. The van der Waals surface area contributed by atoms with Crippen LogP contribution in [0.3, 0.4) is 0 Å². The van der Waals surface area contributed by atoms with Crippen molar-refractivity contribution in [1.29, 1.82) is 0 Å². The first-order chi connectivity index (χ1) is 8.29. The molecule has 1 amide bonds. The molecule has 5 heteroatoms. The second-order valence-electron chi connectivity index (χ2n) is 4.05. The quantitative estimate of drug-likeness (QED) is 0.792. The number of aromatic nitrogens is 1. The molecule has 0 saturated carbocycles. The van der Waals surface area contributed by atoms with Gasteiger partial charge in [0.2, 0.25) is 5.91 Å².